The van der Waals surface area contributed by atoms with Crippen molar-refractivity contribution in [3.8, 4) is 11.5 Å². The Kier molecular flexibility index (Phi) is 4.70. The van der Waals surface area contributed by atoms with Crippen LogP contribution in [-0.4, -0.2) is 29.2 Å². The minimum Gasteiger partial charge on any atom is -0.504 e. The number of ether oxygens (including phenoxy) is 1. The Morgan fingerprint density at radius 2 is 2.21 bits per heavy atom. The number of aromatic hydroxyl groups is 1. The maximum absolute atomic E-state index is 9.73. The topological polar surface area (TPSA) is 32.7 Å². The second kappa shape index (κ2) is 6.29. The summed E-state index contributed by atoms with van der Waals surface area (Å²) in [6.07, 6.45) is 2.59. The van der Waals surface area contributed by atoms with Gasteiger partial charge in [0.15, 0.2) is 11.5 Å². The molecule has 19 heavy (non-hydrogen) atoms. The van der Waals surface area contributed by atoms with E-state index in [1.807, 2.05) is 19.1 Å². The molecule has 1 atom stereocenters. The quantitative estimate of drug-likeness (QED) is 0.883. The molecule has 1 aromatic carbocycles. The molecule has 1 saturated heterocycles. The first-order valence-electron chi connectivity index (χ1n) is 7.30. The summed E-state index contributed by atoms with van der Waals surface area (Å²) in [6.45, 7) is 9.23. The number of likely N-dealkylation sites (tertiary alicyclic amines) is 1. The lowest BCUT2D eigenvalue weighted by Crippen LogP contribution is -2.32. The highest BCUT2D eigenvalue weighted by molar-refractivity contribution is 5.41. The normalized spacial score (nSPS) is 20.1. The van der Waals surface area contributed by atoms with Gasteiger partial charge in [0, 0.05) is 12.6 Å². The van der Waals surface area contributed by atoms with Crippen molar-refractivity contribution >= 4 is 0 Å². The molecule has 0 bridgehead atoms. The number of nitrogens with zero attached hydrogens (tertiary/aromatic N) is 1. The maximum atomic E-state index is 9.73. The van der Waals surface area contributed by atoms with E-state index in [0.29, 0.717) is 24.3 Å². The summed E-state index contributed by atoms with van der Waals surface area (Å²) < 4.78 is 5.45. The zero-order valence-electron chi connectivity index (χ0n) is 12.2. The number of phenols is 1. The minimum atomic E-state index is 0.229. The van der Waals surface area contributed by atoms with Gasteiger partial charge in [-0.05, 0) is 49.9 Å². The molecule has 0 radical (unpaired) electrons. The number of rotatable bonds is 5. The smallest absolute Gasteiger partial charge is 0.161 e. The van der Waals surface area contributed by atoms with Gasteiger partial charge in [-0.15, -0.1) is 0 Å². The van der Waals surface area contributed by atoms with Crippen LogP contribution in [0.5, 0.6) is 11.5 Å². The predicted octanol–water partition coefficient (Wildman–Crippen LogP) is 3.41. The van der Waals surface area contributed by atoms with Crippen LogP contribution in [0.25, 0.3) is 0 Å². The van der Waals surface area contributed by atoms with Crippen LogP contribution in [0, 0.1) is 5.92 Å². The lowest BCUT2D eigenvalue weighted by molar-refractivity contribution is 0.198. The maximum Gasteiger partial charge on any atom is 0.161 e. The van der Waals surface area contributed by atoms with Crippen molar-refractivity contribution in [2.45, 2.75) is 46.2 Å². The van der Waals surface area contributed by atoms with Gasteiger partial charge in [-0.25, -0.2) is 0 Å². The fourth-order valence-electron chi connectivity index (χ4n) is 2.97. The van der Waals surface area contributed by atoms with Crippen molar-refractivity contribution in [1.29, 1.82) is 0 Å². The third kappa shape index (κ3) is 3.41. The van der Waals surface area contributed by atoms with E-state index >= 15 is 0 Å². The third-order valence-electron chi connectivity index (χ3n) is 3.89. The molecule has 1 aromatic rings. The Bertz CT molecular complexity index is 417. The van der Waals surface area contributed by atoms with Crippen molar-refractivity contribution in [2.24, 2.45) is 5.92 Å². The molecule has 3 nitrogen and oxygen atoms in total. The van der Waals surface area contributed by atoms with Crippen molar-refractivity contribution in [1.82, 2.24) is 4.90 Å². The number of hydrogen-bond acceptors (Lipinski definition) is 3. The monoisotopic (exact) mass is 263 g/mol. The lowest BCUT2D eigenvalue weighted by Gasteiger charge is -2.27. The van der Waals surface area contributed by atoms with Gasteiger partial charge in [-0.1, -0.05) is 19.9 Å². The first kappa shape index (κ1) is 14.2. The summed E-state index contributed by atoms with van der Waals surface area (Å²) in [5.74, 6) is 1.53. The molecule has 0 aromatic heterocycles. The average Bonchev–Trinajstić information content (AvgIpc) is 2.82. The second-order valence-electron chi connectivity index (χ2n) is 5.66. The van der Waals surface area contributed by atoms with Gasteiger partial charge >= 0.3 is 0 Å². The van der Waals surface area contributed by atoms with E-state index < -0.39 is 0 Å². The highest BCUT2D eigenvalue weighted by Gasteiger charge is 2.26. The fourth-order valence-corrected chi connectivity index (χ4v) is 2.97. The van der Waals surface area contributed by atoms with Gasteiger partial charge in [-0.3, -0.25) is 4.90 Å². The third-order valence-corrected chi connectivity index (χ3v) is 3.89. The number of phenolic OH excluding ortho intramolecular Hbond substituents is 1. The molecule has 1 fully saturated rings. The highest BCUT2D eigenvalue weighted by atomic mass is 16.5. The van der Waals surface area contributed by atoms with Crippen molar-refractivity contribution in [3.05, 3.63) is 23.8 Å². The van der Waals surface area contributed by atoms with Gasteiger partial charge < -0.3 is 9.84 Å². The summed E-state index contributed by atoms with van der Waals surface area (Å²) in [5, 5.41) is 9.73. The second-order valence-corrected chi connectivity index (χ2v) is 5.66. The van der Waals surface area contributed by atoms with Gasteiger partial charge in [-0.2, -0.15) is 0 Å². The Balaban J connectivity index is 2.08. The van der Waals surface area contributed by atoms with Crippen LogP contribution in [0.4, 0.5) is 0 Å². The van der Waals surface area contributed by atoms with E-state index in [0.717, 1.165) is 6.54 Å². The van der Waals surface area contributed by atoms with E-state index in [9.17, 15) is 5.11 Å². The molecule has 1 aliphatic rings. The Labute approximate surface area is 116 Å². The van der Waals surface area contributed by atoms with Crippen LogP contribution < -0.4 is 4.74 Å². The molecule has 106 valence electrons. The van der Waals surface area contributed by atoms with E-state index in [-0.39, 0.29) is 5.75 Å². The molecular formula is C16H25NO2. The lowest BCUT2D eigenvalue weighted by atomic mass is 10.0. The standard InChI is InChI=1S/C16H25NO2/c1-4-19-16-10-13(7-8-15(16)18)11-17-9-5-6-14(17)12(2)3/h7-8,10,12,14,18H,4-6,9,11H2,1-3H3. The summed E-state index contributed by atoms with van der Waals surface area (Å²) in [5.41, 5.74) is 1.22. The molecular weight excluding hydrogens is 238 g/mol. The molecule has 1 N–H and O–H groups in total. The molecule has 0 saturated carbocycles. The Morgan fingerprint density at radius 3 is 2.89 bits per heavy atom. The van der Waals surface area contributed by atoms with E-state index in [2.05, 4.69) is 18.7 Å². The van der Waals surface area contributed by atoms with Crippen LogP contribution in [0.1, 0.15) is 39.2 Å². The minimum absolute atomic E-state index is 0.229. The van der Waals surface area contributed by atoms with Crippen LogP contribution in [0.3, 0.4) is 0 Å². The molecule has 1 heterocycles. The molecule has 1 unspecified atom stereocenters. The van der Waals surface area contributed by atoms with Crippen LogP contribution >= 0.6 is 0 Å². The van der Waals surface area contributed by atoms with Crippen LogP contribution in [0.2, 0.25) is 0 Å². The first-order chi connectivity index (χ1) is 9.11. The van der Waals surface area contributed by atoms with E-state index in [4.69, 9.17) is 4.74 Å². The van der Waals surface area contributed by atoms with Gasteiger partial charge in [0.1, 0.15) is 0 Å². The van der Waals surface area contributed by atoms with Gasteiger partial charge in [0.05, 0.1) is 6.61 Å². The molecule has 1 aliphatic heterocycles. The molecule has 2 rings (SSSR count). The summed E-state index contributed by atoms with van der Waals surface area (Å²) in [6, 6.07) is 6.38. The highest BCUT2D eigenvalue weighted by Crippen LogP contribution is 2.30. The van der Waals surface area contributed by atoms with Gasteiger partial charge in [0.25, 0.3) is 0 Å². The predicted molar refractivity (Wildman–Crippen MR) is 77.5 cm³/mol. The zero-order chi connectivity index (χ0) is 13.8. The SMILES string of the molecule is CCOc1cc(CN2CCCC2C(C)C)ccc1O. The van der Waals surface area contributed by atoms with Gasteiger partial charge in [0.2, 0.25) is 0 Å². The van der Waals surface area contributed by atoms with E-state index in [1.165, 1.54) is 24.9 Å². The van der Waals surface area contributed by atoms with Crippen molar-refractivity contribution in [2.75, 3.05) is 13.2 Å². The summed E-state index contributed by atoms with van der Waals surface area (Å²) in [4.78, 5) is 2.55. The molecule has 3 heteroatoms. The Hall–Kier alpha value is -1.22. The number of hydrogen-bond donors (Lipinski definition) is 1. The fraction of sp³-hybridized carbons (Fsp3) is 0.625. The van der Waals surface area contributed by atoms with Crippen molar-refractivity contribution < 1.29 is 9.84 Å². The van der Waals surface area contributed by atoms with Crippen molar-refractivity contribution in [3.63, 3.8) is 0 Å². The largest absolute Gasteiger partial charge is 0.504 e. The Morgan fingerprint density at radius 1 is 1.42 bits per heavy atom. The first-order valence-corrected chi connectivity index (χ1v) is 7.30. The summed E-state index contributed by atoms with van der Waals surface area (Å²) >= 11 is 0. The van der Waals surface area contributed by atoms with Crippen LogP contribution in [-0.2, 0) is 6.54 Å². The number of benzene rings is 1. The van der Waals surface area contributed by atoms with E-state index in [1.54, 1.807) is 6.07 Å². The van der Waals surface area contributed by atoms with Crippen LogP contribution in [0.15, 0.2) is 18.2 Å². The molecule has 0 spiro atoms. The average molecular weight is 263 g/mol. The summed E-state index contributed by atoms with van der Waals surface area (Å²) in [7, 11) is 0. The molecule has 0 aliphatic carbocycles. The zero-order valence-corrected chi connectivity index (χ0v) is 12.2. The molecule has 0 amide bonds.